The molecule has 0 radical (unpaired) electrons. The number of hydrogen-bond acceptors (Lipinski definition) is 8. The molecule has 0 bridgehead atoms. The molecule has 0 aliphatic rings. The predicted molar refractivity (Wildman–Crippen MR) is 275 cm³/mol. The zero-order valence-corrected chi connectivity index (χ0v) is 37.6. The minimum atomic E-state index is 0.794. The topological polar surface area (TPSA) is 66.7 Å². The van der Waals surface area contributed by atoms with Gasteiger partial charge in [0.1, 0.15) is 17.2 Å². The van der Waals surface area contributed by atoms with Crippen molar-refractivity contribution < 1.29 is 14.2 Å². The van der Waals surface area contributed by atoms with Crippen LogP contribution < -0.4 is 39.5 Å². The van der Waals surface area contributed by atoms with Crippen LogP contribution in [0.4, 0.5) is 68.2 Å². The van der Waals surface area contributed by atoms with Crippen LogP contribution in [0.2, 0.25) is 0 Å². The van der Waals surface area contributed by atoms with E-state index in [0.717, 1.165) is 85.5 Å². The van der Waals surface area contributed by atoms with Crippen LogP contribution >= 0.6 is 0 Å². The lowest BCUT2D eigenvalue weighted by molar-refractivity contribution is 0.415. The van der Waals surface area contributed by atoms with Crippen molar-refractivity contribution in [2.45, 2.75) is 0 Å². The third-order valence-electron chi connectivity index (χ3n) is 11.1. The highest BCUT2D eigenvalue weighted by molar-refractivity contribution is 5.85. The Morgan fingerprint density at radius 3 is 0.621 bits per heavy atom. The van der Waals surface area contributed by atoms with Gasteiger partial charge in [0.2, 0.25) is 0 Å². The molecular weight excluding hydrogens is 815 g/mol. The third kappa shape index (κ3) is 9.85. The lowest BCUT2D eigenvalue weighted by Gasteiger charge is -2.30. The Balaban J connectivity index is 0.00000292. The predicted octanol–water partition coefficient (Wildman–Crippen LogP) is 15.2. The lowest BCUT2D eigenvalue weighted by atomic mass is 10.1. The molecule has 328 valence electrons. The SMILES string of the molecule is CN.COc1cccc(N(c2ccccc2)c2ccc(N(c3ccc(N(c4ccccc4)c4cccc(OC)c4)cc3)c3ccc(N(c4ccccc4)c4cccc(OC)c4)cc3)cc2)c1. The summed E-state index contributed by atoms with van der Waals surface area (Å²) < 4.78 is 16.9. The van der Waals surface area contributed by atoms with Gasteiger partial charge < -0.3 is 39.5 Å². The molecule has 0 aromatic heterocycles. The van der Waals surface area contributed by atoms with Crippen molar-refractivity contribution in [1.29, 1.82) is 0 Å². The van der Waals surface area contributed by atoms with Crippen molar-refractivity contribution in [3.8, 4) is 17.2 Å². The number of nitrogens with zero attached hydrogens (tertiary/aromatic N) is 4. The first-order valence-corrected chi connectivity index (χ1v) is 21.8. The maximum absolute atomic E-state index is 5.64. The van der Waals surface area contributed by atoms with Crippen LogP contribution in [0.3, 0.4) is 0 Å². The van der Waals surface area contributed by atoms with E-state index in [1.807, 2.05) is 54.6 Å². The molecule has 0 fully saturated rings. The molecule has 8 heteroatoms. The van der Waals surface area contributed by atoms with Crippen LogP contribution in [-0.4, -0.2) is 28.4 Å². The normalized spacial score (nSPS) is 10.5. The standard InChI is InChI=1S/C57H48N4O3.CH5N/c1-62-55-25-13-22-52(40-55)59(43-16-7-4-8-17-43)49-34-28-46(29-35-49)58(47-30-36-50(37-31-47)60(44-18-9-5-10-19-44)53-23-14-26-56(41-53)63-2)48-32-38-51(39-33-48)61(45-20-11-6-12-21-45)54-24-15-27-57(42-54)64-3;1-2/h4-42H,1-3H3;2H2,1H3. The molecule has 0 unspecified atom stereocenters. The molecule has 0 saturated carbocycles. The number of hydrogen-bond donors (Lipinski definition) is 1. The summed E-state index contributed by atoms with van der Waals surface area (Å²) in [5, 5.41) is 0. The number of anilines is 12. The second-order valence-electron chi connectivity index (χ2n) is 15.0. The van der Waals surface area contributed by atoms with Gasteiger partial charge in [-0.15, -0.1) is 0 Å². The van der Waals surface area contributed by atoms with Crippen molar-refractivity contribution in [3.05, 3.63) is 237 Å². The molecule has 9 aromatic rings. The molecule has 0 atom stereocenters. The summed E-state index contributed by atoms with van der Waals surface area (Å²) in [5.41, 5.74) is 16.7. The molecule has 0 saturated heterocycles. The number of nitrogens with two attached hydrogens (primary N) is 1. The zero-order chi connectivity index (χ0) is 45.7. The Bertz CT molecular complexity index is 2580. The van der Waals surface area contributed by atoms with E-state index in [1.54, 1.807) is 21.3 Å². The van der Waals surface area contributed by atoms with Gasteiger partial charge in [-0.1, -0.05) is 72.8 Å². The Morgan fingerprint density at radius 1 is 0.227 bits per heavy atom. The van der Waals surface area contributed by atoms with Gasteiger partial charge in [-0.3, -0.25) is 0 Å². The molecular formula is C58H53N5O3. The van der Waals surface area contributed by atoms with E-state index in [2.05, 4.69) is 207 Å². The van der Waals surface area contributed by atoms with Crippen LogP contribution in [-0.2, 0) is 0 Å². The quantitative estimate of drug-likeness (QED) is 0.109. The van der Waals surface area contributed by atoms with E-state index in [-0.39, 0.29) is 0 Å². The second kappa shape index (κ2) is 21.3. The number of methoxy groups -OCH3 is 3. The molecule has 0 spiro atoms. The number of para-hydroxylation sites is 3. The zero-order valence-electron chi connectivity index (χ0n) is 37.6. The van der Waals surface area contributed by atoms with Crippen molar-refractivity contribution in [2.75, 3.05) is 48.0 Å². The average molecular weight is 868 g/mol. The highest BCUT2D eigenvalue weighted by Gasteiger charge is 2.20. The Morgan fingerprint density at radius 2 is 0.409 bits per heavy atom. The van der Waals surface area contributed by atoms with Gasteiger partial charge in [0, 0.05) is 86.4 Å². The van der Waals surface area contributed by atoms with Gasteiger partial charge in [0.25, 0.3) is 0 Å². The fraction of sp³-hybridized carbons (Fsp3) is 0.0690. The number of benzene rings is 9. The summed E-state index contributed by atoms with van der Waals surface area (Å²) >= 11 is 0. The Labute approximate surface area is 388 Å². The molecule has 9 aromatic carbocycles. The summed E-state index contributed by atoms with van der Waals surface area (Å²) in [5.74, 6) is 2.38. The van der Waals surface area contributed by atoms with Crippen molar-refractivity contribution >= 4 is 68.2 Å². The maximum Gasteiger partial charge on any atom is 0.120 e. The summed E-state index contributed by atoms with van der Waals surface area (Å²) in [4.78, 5) is 9.03. The summed E-state index contributed by atoms with van der Waals surface area (Å²) in [6, 6.07) is 81.9. The van der Waals surface area contributed by atoms with E-state index < -0.39 is 0 Å². The van der Waals surface area contributed by atoms with Gasteiger partial charge in [-0.2, -0.15) is 0 Å². The minimum Gasteiger partial charge on any atom is -0.497 e. The monoisotopic (exact) mass is 867 g/mol. The first-order chi connectivity index (χ1) is 32.6. The summed E-state index contributed by atoms with van der Waals surface area (Å²) in [7, 11) is 6.60. The average Bonchev–Trinajstić information content (AvgIpc) is 3.40. The fourth-order valence-electron chi connectivity index (χ4n) is 8.02. The summed E-state index contributed by atoms with van der Waals surface area (Å²) in [6.07, 6.45) is 0. The molecule has 0 amide bonds. The molecule has 0 aliphatic heterocycles. The maximum atomic E-state index is 5.64. The van der Waals surface area contributed by atoms with Crippen molar-refractivity contribution in [3.63, 3.8) is 0 Å². The Kier molecular flexibility index (Phi) is 14.2. The third-order valence-corrected chi connectivity index (χ3v) is 11.1. The van der Waals surface area contributed by atoms with Gasteiger partial charge in [0.15, 0.2) is 0 Å². The van der Waals surface area contributed by atoms with Gasteiger partial charge >= 0.3 is 0 Å². The second-order valence-corrected chi connectivity index (χ2v) is 15.0. The van der Waals surface area contributed by atoms with Crippen LogP contribution in [0.25, 0.3) is 0 Å². The van der Waals surface area contributed by atoms with Gasteiger partial charge in [0.05, 0.1) is 21.3 Å². The molecule has 0 aliphatic carbocycles. The lowest BCUT2D eigenvalue weighted by Crippen LogP contribution is -2.14. The van der Waals surface area contributed by atoms with E-state index in [0.29, 0.717) is 0 Å². The molecule has 0 heterocycles. The first-order valence-electron chi connectivity index (χ1n) is 21.8. The van der Waals surface area contributed by atoms with E-state index in [1.165, 1.54) is 7.05 Å². The summed E-state index contributed by atoms with van der Waals surface area (Å²) in [6.45, 7) is 0. The van der Waals surface area contributed by atoms with E-state index >= 15 is 0 Å². The van der Waals surface area contributed by atoms with Crippen molar-refractivity contribution in [2.24, 2.45) is 5.73 Å². The molecule has 66 heavy (non-hydrogen) atoms. The van der Waals surface area contributed by atoms with E-state index in [9.17, 15) is 0 Å². The van der Waals surface area contributed by atoms with E-state index in [4.69, 9.17) is 14.2 Å². The van der Waals surface area contributed by atoms with Crippen molar-refractivity contribution in [1.82, 2.24) is 0 Å². The highest BCUT2D eigenvalue weighted by atomic mass is 16.5. The first kappa shape index (κ1) is 44.2. The fourth-order valence-corrected chi connectivity index (χ4v) is 8.02. The smallest absolute Gasteiger partial charge is 0.120 e. The van der Waals surface area contributed by atoms with Crippen LogP contribution in [0, 0.1) is 0 Å². The van der Waals surface area contributed by atoms with Gasteiger partial charge in [-0.05, 0) is 153 Å². The molecule has 9 rings (SSSR count). The highest BCUT2D eigenvalue weighted by Crippen LogP contribution is 2.43. The Hall–Kier alpha value is -8.46. The van der Waals surface area contributed by atoms with Crippen LogP contribution in [0.1, 0.15) is 0 Å². The number of ether oxygens (including phenoxy) is 3. The largest absolute Gasteiger partial charge is 0.497 e. The van der Waals surface area contributed by atoms with Crippen LogP contribution in [0.15, 0.2) is 237 Å². The van der Waals surface area contributed by atoms with Gasteiger partial charge in [-0.25, -0.2) is 0 Å². The number of rotatable bonds is 15. The minimum absolute atomic E-state index is 0.794. The van der Waals surface area contributed by atoms with Crippen LogP contribution in [0.5, 0.6) is 17.2 Å². The molecule has 2 N–H and O–H groups in total. The molecule has 8 nitrogen and oxygen atoms in total.